The van der Waals surface area contributed by atoms with Crippen molar-refractivity contribution in [3.05, 3.63) is 0 Å². The highest BCUT2D eigenvalue weighted by molar-refractivity contribution is 5.66. The predicted molar refractivity (Wildman–Crippen MR) is 129 cm³/mol. The molecule has 0 aromatic carbocycles. The Bertz CT molecular complexity index is 431. The number of hydrogen-bond donors (Lipinski definition) is 4. The molecule has 0 saturated heterocycles. The van der Waals surface area contributed by atoms with E-state index in [9.17, 15) is 29.4 Å². The maximum Gasteiger partial charge on any atom is 1.00 e. The van der Waals surface area contributed by atoms with Crippen LogP contribution in [0.25, 0.3) is 0 Å². The first-order valence-electron chi connectivity index (χ1n) is 11.7. The van der Waals surface area contributed by atoms with E-state index < -0.39 is 24.1 Å². The highest BCUT2D eigenvalue weighted by Gasteiger charge is 1.94. The summed E-state index contributed by atoms with van der Waals surface area (Å²) < 4.78 is 19.5. The van der Waals surface area contributed by atoms with Crippen LogP contribution < -0.4 is 20.8 Å². The number of aliphatic carboxylic acids is 2. The molecule has 0 fully saturated rings. The summed E-state index contributed by atoms with van der Waals surface area (Å²) in [6.07, 6.45) is -0.788. The average Bonchev–Trinajstić information content (AvgIpc) is 2.81. The third-order valence-electron chi connectivity index (χ3n) is 3.20. The second-order valence-corrected chi connectivity index (χ2v) is 6.21. The van der Waals surface area contributed by atoms with Gasteiger partial charge in [-0.1, -0.05) is 0 Å². The number of rotatable bonds is 18. The van der Waals surface area contributed by atoms with Crippen LogP contribution in [0.15, 0.2) is 0 Å². The van der Waals surface area contributed by atoms with E-state index in [1.165, 1.54) is 0 Å². The molecule has 0 unspecified atom stereocenters. The van der Waals surface area contributed by atoms with Crippen LogP contribution >= 0.6 is 0 Å². The molecule has 0 aromatic heterocycles. The van der Waals surface area contributed by atoms with Crippen molar-refractivity contribution >= 4 is 24.1 Å². The molecule has 2 amide bonds. The minimum atomic E-state index is -1.25. The lowest BCUT2D eigenvalue weighted by Gasteiger charge is -2.04. The van der Waals surface area contributed by atoms with Gasteiger partial charge in [0, 0.05) is 65.1 Å². The third kappa shape index (κ3) is 63.3. The number of carbonyl (C=O) groups excluding carboxylic acids is 2. The van der Waals surface area contributed by atoms with E-state index in [0.717, 1.165) is 0 Å². The van der Waals surface area contributed by atoms with Gasteiger partial charge in [0.25, 0.3) is 0 Å². The fraction of sp³-hybridized carbons (Fsp3) is 0.818. The van der Waals surface area contributed by atoms with Gasteiger partial charge >= 0.3 is 14.9 Å². The zero-order chi connectivity index (χ0) is 28.5. The van der Waals surface area contributed by atoms with Gasteiger partial charge in [0.05, 0.1) is 13.2 Å². The fourth-order valence-corrected chi connectivity index (χ4v) is 1.68. The SMILES string of the molecule is CCOCCCC(=O)O.CCOCCCC(=O)[O-].CCOCCNC(=O)O.CCOCCNC(=O)[O-].[H+].[H+]. The number of carboxylic acids is 2. The van der Waals surface area contributed by atoms with Gasteiger partial charge in [-0.15, -0.1) is 0 Å². The number of nitrogens with one attached hydrogen (secondary N) is 2. The standard InChI is InChI=1S/2C6H12O3.2C5H11NO3/c2*1-2-9-5-3-4-6(7)8;2*1-2-9-4-3-6-5(7)8/h2*2-5H2,1H3,(H,7,8);2*6H,2-4H2,1H3,(H,7,8). The third-order valence-corrected chi connectivity index (χ3v) is 3.20. The van der Waals surface area contributed by atoms with Crippen molar-refractivity contribution in [1.29, 1.82) is 0 Å². The quantitative estimate of drug-likeness (QED) is 0.171. The van der Waals surface area contributed by atoms with Crippen molar-refractivity contribution in [3.8, 4) is 0 Å². The Labute approximate surface area is 216 Å². The summed E-state index contributed by atoms with van der Waals surface area (Å²) in [6.45, 7) is 12.6. The van der Waals surface area contributed by atoms with Gasteiger partial charge in [-0.2, -0.15) is 0 Å². The fourth-order valence-electron chi connectivity index (χ4n) is 1.68. The van der Waals surface area contributed by atoms with Crippen LogP contribution in [-0.2, 0) is 28.5 Å². The molecule has 216 valence electrons. The Morgan fingerprint density at radius 1 is 0.667 bits per heavy atom. The Morgan fingerprint density at radius 3 is 1.39 bits per heavy atom. The first kappa shape index (κ1) is 40.5. The zero-order valence-electron chi connectivity index (χ0n) is 23.9. The van der Waals surface area contributed by atoms with Crippen LogP contribution in [0.5, 0.6) is 0 Å². The second-order valence-electron chi connectivity index (χ2n) is 6.21. The van der Waals surface area contributed by atoms with Gasteiger partial charge in [0.2, 0.25) is 0 Å². The van der Waals surface area contributed by atoms with E-state index in [4.69, 9.17) is 29.2 Å². The molecule has 0 atom stereocenters. The molecule has 0 spiro atoms. The maximum absolute atomic E-state index is 9.91. The molecule has 36 heavy (non-hydrogen) atoms. The first-order valence-corrected chi connectivity index (χ1v) is 11.7. The molecule has 14 heteroatoms. The molecule has 0 rings (SSSR count). The summed E-state index contributed by atoms with van der Waals surface area (Å²) in [5, 5.41) is 39.9. The lowest BCUT2D eigenvalue weighted by Crippen LogP contribution is -2.38. The number of ether oxygens (including phenoxy) is 4. The number of hydrogen-bond acceptors (Lipinski definition) is 10. The number of carbonyl (C=O) groups is 4. The average molecular weight is 531 g/mol. The van der Waals surface area contributed by atoms with Crippen molar-refractivity contribution < 1.29 is 61.4 Å². The van der Waals surface area contributed by atoms with Crippen molar-refractivity contribution in [2.24, 2.45) is 0 Å². The van der Waals surface area contributed by atoms with Gasteiger partial charge in [0.1, 0.15) is 6.09 Å². The molecule has 0 aliphatic heterocycles. The van der Waals surface area contributed by atoms with E-state index in [1.54, 1.807) is 0 Å². The number of amides is 2. The Morgan fingerprint density at radius 2 is 1.06 bits per heavy atom. The highest BCUT2D eigenvalue weighted by atomic mass is 16.5. The lowest BCUT2D eigenvalue weighted by molar-refractivity contribution is -0.306. The van der Waals surface area contributed by atoms with Gasteiger partial charge in [-0.25, -0.2) is 4.79 Å². The minimum absolute atomic E-state index is 0. The van der Waals surface area contributed by atoms with Crippen molar-refractivity contribution in [2.75, 3.05) is 65.9 Å². The monoisotopic (exact) mass is 530 g/mol. The molecular formula is C22H46N2O12. The smallest absolute Gasteiger partial charge is 0.550 e. The van der Waals surface area contributed by atoms with E-state index in [2.05, 4.69) is 10.6 Å². The summed E-state index contributed by atoms with van der Waals surface area (Å²) >= 11 is 0. The maximum atomic E-state index is 9.91. The molecule has 0 aliphatic carbocycles. The molecule has 0 heterocycles. The molecule has 0 aromatic rings. The van der Waals surface area contributed by atoms with Gasteiger partial charge in [-0.05, 0) is 47.0 Å². The first-order chi connectivity index (χ1) is 17.1. The summed E-state index contributed by atoms with van der Waals surface area (Å²) in [5.41, 5.74) is 0. The molecule has 0 bridgehead atoms. The Hall–Kier alpha value is -2.68. The van der Waals surface area contributed by atoms with Gasteiger partial charge in [0.15, 0.2) is 0 Å². The van der Waals surface area contributed by atoms with Crippen LogP contribution in [0, 0.1) is 0 Å². The lowest BCUT2D eigenvalue weighted by atomic mass is 10.3. The molecule has 0 aliphatic rings. The molecule has 0 radical (unpaired) electrons. The van der Waals surface area contributed by atoms with Crippen molar-refractivity contribution in [3.63, 3.8) is 0 Å². The van der Waals surface area contributed by atoms with E-state index in [-0.39, 0.29) is 15.7 Å². The minimum Gasteiger partial charge on any atom is -0.550 e. The van der Waals surface area contributed by atoms with Crippen LogP contribution in [-0.4, -0.2) is 100 Å². The zero-order valence-corrected chi connectivity index (χ0v) is 21.9. The molecule has 0 saturated carbocycles. The number of carboxylic acid groups (broad SMARTS) is 4. The van der Waals surface area contributed by atoms with Crippen LogP contribution in [0.3, 0.4) is 0 Å². The summed E-state index contributed by atoms with van der Waals surface area (Å²) in [4.78, 5) is 39.2. The van der Waals surface area contributed by atoms with Crippen LogP contribution in [0.2, 0.25) is 0 Å². The van der Waals surface area contributed by atoms with Crippen LogP contribution in [0.1, 0.15) is 56.2 Å². The van der Waals surface area contributed by atoms with Crippen molar-refractivity contribution in [1.82, 2.24) is 10.6 Å². The summed E-state index contributed by atoms with van der Waals surface area (Å²) in [5.74, 6) is -1.76. The molecule has 14 nitrogen and oxygen atoms in total. The topological polar surface area (TPSA) is 216 Å². The molecular weight excluding hydrogens is 484 g/mol. The molecule has 4 N–H and O–H groups in total. The van der Waals surface area contributed by atoms with E-state index in [0.29, 0.717) is 78.8 Å². The summed E-state index contributed by atoms with van der Waals surface area (Å²) in [6, 6.07) is 0. The largest absolute Gasteiger partial charge is 1.00 e. The second kappa shape index (κ2) is 36.9. The normalized spacial score (nSPS) is 9.22. The van der Waals surface area contributed by atoms with Crippen LogP contribution in [0.4, 0.5) is 9.59 Å². The van der Waals surface area contributed by atoms with E-state index in [1.807, 2.05) is 27.7 Å². The van der Waals surface area contributed by atoms with E-state index >= 15 is 0 Å². The summed E-state index contributed by atoms with van der Waals surface area (Å²) in [7, 11) is 0. The Kier molecular flexibility index (Phi) is 41.5. The Balaban J connectivity index is -0.0000000883. The predicted octanol–water partition coefficient (Wildman–Crippen LogP) is -0.0880. The highest BCUT2D eigenvalue weighted by Crippen LogP contribution is 1.88. The van der Waals surface area contributed by atoms with Gasteiger partial charge in [-0.3, -0.25) is 4.79 Å². The van der Waals surface area contributed by atoms with Gasteiger partial charge < -0.3 is 59.6 Å². The van der Waals surface area contributed by atoms with Crippen molar-refractivity contribution in [2.45, 2.75) is 53.4 Å².